The predicted molar refractivity (Wildman–Crippen MR) is 95.7 cm³/mol. The number of esters is 2. The maximum Gasteiger partial charge on any atom is 0.311 e. The average Bonchev–Trinajstić information content (AvgIpc) is 2.62. The number of benzene rings is 1. The molecule has 0 aliphatic heterocycles. The van der Waals surface area contributed by atoms with Crippen molar-refractivity contribution in [2.75, 3.05) is 6.61 Å². The highest BCUT2D eigenvalue weighted by Crippen LogP contribution is 2.13. The highest BCUT2D eigenvalue weighted by molar-refractivity contribution is 5.76. The van der Waals surface area contributed by atoms with Crippen molar-refractivity contribution < 1.29 is 23.9 Å². The fourth-order valence-corrected chi connectivity index (χ4v) is 2.30. The van der Waals surface area contributed by atoms with Gasteiger partial charge in [-0.05, 0) is 43.5 Å². The van der Waals surface area contributed by atoms with Crippen molar-refractivity contribution in [3.8, 4) is 5.75 Å². The van der Waals surface area contributed by atoms with Gasteiger partial charge in [0, 0.05) is 18.4 Å². The summed E-state index contributed by atoms with van der Waals surface area (Å²) in [5, 5.41) is 0. The highest BCUT2D eigenvalue weighted by Gasteiger charge is 2.06. The van der Waals surface area contributed by atoms with Crippen molar-refractivity contribution in [1.82, 2.24) is 0 Å². The number of hydrogen-bond donors (Lipinski definition) is 0. The van der Waals surface area contributed by atoms with Crippen LogP contribution in [-0.4, -0.2) is 24.8 Å². The van der Waals surface area contributed by atoms with E-state index < -0.39 is 0 Å². The zero-order valence-corrected chi connectivity index (χ0v) is 15.0. The van der Waals surface area contributed by atoms with Crippen LogP contribution in [0.15, 0.2) is 24.3 Å². The predicted octanol–water partition coefficient (Wildman–Crippen LogP) is 4.48. The van der Waals surface area contributed by atoms with E-state index in [0.717, 1.165) is 32.0 Å². The Kier molecular flexibility index (Phi) is 11.0. The molecule has 0 saturated carbocycles. The Morgan fingerprint density at radius 3 is 2.16 bits per heavy atom. The van der Waals surface area contributed by atoms with Crippen molar-refractivity contribution in [2.45, 2.75) is 64.7 Å². The molecule has 5 heteroatoms. The second-order valence-electron chi connectivity index (χ2n) is 6.00. The van der Waals surface area contributed by atoms with Gasteiger partial charge in [0.1, 0.15) is 12.0 Å². The van der Waals surface area contributed by atoms with E-state index in [-0.39, 0.29) is 11.9 Å². The fraction of sp³-hybridized carbons (Fsp3) is 0.550. The molecule has 0 unspecified atom stereocenters. The molecule has 1 rings (SSSR count). The van der Waals surface area contributed by atoms with Gasteiger partial charge in [-0.25, -0.2) is 0 Å². The second-order valence-corrected chi connectivity index (χ2v) is 6.00. The van der Waals surface area contributed by atoms with E-state index in [0.29, 0.717) is 37.2 Å². The van der Waals surface area contributed by atoms with E-state index in [1.165, 1.54) is 12.8 Å². The normalized spacial score (nSPS) is 10.3. The number of rotatable bonds is 13. The molecule has 0 saturated heterocycles. The molecule has 0 aliphatic rings. The van der Waals surface area contributed by atoms with Crippen LogP contribution in [0.25, 0.3) is 0 Å². The summed E-state index contributed by atoms with van der Waals surface area (Å²) < 4.78 is 10.3. The molecular weight excluding hydrogens is 320 g/mol. The smallest absolute Gasteiger partial charge is 0.311 e. The molecule has 0 radical (unpaired) electrons. The Labute approximate surface area is 149 Å². The van der Waals surface area contributed by atoms with Crippen molar-refractivity contribution in [3.05, 3.63) is 29.8 Å². The minimum absolute atomic E-state index is 0.158. The van der Waals surface area contributed by atoms with E-state index in [2.05, 4.69) is 6.92 Å². The topological polar surface area (TPSA) is 69.7 Å². The first-order valence-electron chi connectivity index (χ1n) is 9.07. The van der Waals surface area contributed by atoms with Crippen LogP contribution >= 0.6 is 0 Å². The van der Waals surface area contributed by atoms with Crippen molar-refractivity contribution in [1.29, 1.82) is 0 Å². The standard InChI is InChI=1S/C20H28O5/c1-2-3-4-8-15-24-19(22)9-6-5-7-10-20(23)25-18-13-11-17(16-21)12-14-18/h11-14,16H,2-10,15H2,1H3. The minimum Gasteiger partial charge on any atom is -0.466 e. The minimum atomic E-state index is -0.308. The summed E-state index contributed by atoms with van der Waals surface area (Å²) >= 11 is 0. The summed E-state index contributed by atoms with van der Waals surface area (Å²) in [4.78, 5) is 33.8. The Bertz CT molecular complexity index is 521. The van der Waals surface area contributed by atoms with Gasteiger partial charge in [-0.1, -0.05) is 32.6 Å². The first-order valence-corrected chi connectivity index (χ1v) is 9.07. The summed E-state index contributed by atoms with van der Waals surface area (Å²) in [5.74, 6) is -0.0334. The summed E-state index contributed by atoms with van der Waals surface area (Å²) in [5.41, 5.74) is 0.539. The first-order chi connectivity index (χ1) is 12.2. The zero-order valence-electron chi connectivity index (χ0n) is 15.0. The SMILES string of the molecule is CCCCCCOC(=O)CCCCCC(=O)Oc1ccc(C=O)cc1. The molecule has 5 nitrogen and oxygen atoms in total. The third-order valence-corrected chi connectivity index (χ3v) is 3.77. The average molecular weight is 348 g/mol. The van der Waals surface area contributed by atoms with Gasteiger partial charge in [0.2, 0.25) is 0 Å². The Balaban J connectivity index is 2.03. The fourth-order valence-electron chi connectivity index (χ4n) is 2.30. The molecule has 1 aromatic carbocycles. The van der Waals surface area contributed by atoms with Crippen LogP contribution in [0.4, 0.5) is 0 Å². The van der Waals surface area contributed by atoms with Gasteiger partial charge in [-0.3, -0.25) is 14.4 Å². The number of unbranched alkanes of at least 4 members (excludes halogenated alkanes) is 5. The summed E-state index contributed by atoms with van der Waals surface area (Å²) in [7, 11) is 0. The van der Waals surface area contributed by atoms with E-state index in [9.17, 15) is 14.4 Å². The molecule has 0 spiro atoms. The van der Waals surface area contributed by atoms with E-state index >= 15 is 0 Å². The number of hydrogen-bond acceptors (Lipinski definition) is 5. The number of carbonyl (C=O) groups excluding carboxylic acids is 3. The van der Waals surface area contributed by atoms with Crippen LogP contribution in [0.3, 0.4) is 0 Å². The maximum atomic E-state index is 11.7. The number of ether oxygens (including phenoxy) is 2. The molecule has 0 N–H and O–H groups in total. The highest BCUT2D eigenvalue weighted by atomic mass is 16.5. The van der Waals surface area contributed by atoms with Crippen molar-refractivity contribution >= 4 is 18.2 Å². The lowest BCUT2D eigenvalue weighted by molar-refractivity contribution is -0.143. The number of carbonyl (C=O) groups is 3. The third-order valence-electron chi connectivity index (χ3n) is 3.77. The lowest BCUT2D eigenvalue weighted by Crippen LogP contribution is -2.08. The molecule has 0 amide bonds. The quantitative estimate of drug-likeness (QED) is 0.227. The molecular formula is C20H28O5. The zero-order chi connectivity index (χ0) is 18.3. The second kappa shape index (κ2) is 13.2. The molecule has 0 bridgehead atoms. The van der Waals surface area contributed by atoms with Crippen molar-refractivity contribution in [3.63, 3.8) is 0 Å². The lowest BCUT2D eigenvalue weighted by Gasteiger charge is -2.05. The van der Waals surface area contributed by atoms with E-state index in [1.807, 2.05) is 0 Å². The third kappa shape index (κ3) is 10.3. The molecule has 138 valence electrons. The molecule has 0 atom stereocenters. The molecule has 0 aliphatic carbocycles. The van der Waals surface area contributed by atoms with Crippen LogP contribution in [-0.2, 0) is 14.3 Å². The molecule has 25 heavy (non-hydrogen) atoms. The van der Waals surface area contributed by atoms with Crippen LogP contribution in [0.1, 0.15) is 75.1 Å². The molecule has 1 aromatic rings. The maximum absolute atomic E-state index is 11.7. The lowest BCUT2D eigenvalue weighted by atomic mass is 10.1. The monoisotopic (exact) mass is 348 g/mol. The van der Waals surface area contributed by atoms with Gasteiger partial charge >= 0.3 is 11.9 Å². The van der Waals surface area contributed by atoms with Crippen LogP contribution < -0.4 is 4.74 Å². The number of aldehydes is 1. The summed E-state index contributed by atoms with van der Waals surface area (Å²) in [6.07, 6.45) is 7.99. The molecule has 0 aromatic heterocycles. The Hall–Kier alpha value is -2.17. The van der Waals surface area contributed by atoms with E-state index in [1.54, 1.807) is 24.3 Å². The van der Waals surface area contributed by atoms with Crippen molar-refractivity contribution in [2.24, 2.45) is 0 Å². The van der Waals surface area contributed by atoms with Gasteiger partial charge < -0.3 is 9.47 Å². The van der Waals surface area contributed by atoms with Gasteiger partial charge in [0.05, 0.1) is 6.61 Å². The largest absolute Gasteiger partial charge is 0.466 e. The van der Waals surface area contributed by atoms with E-state index in [4.69, 9.17) is 9.47 Å². The molecule has 0 heterocycles. The van der Waals surface area contributed by atoms with Gasteiger partial charge in [-0.15, -0.1) is 0 Å². The van der Waals surface area contributed by atoms with Gasteiger partial charge in [0.25, 0.3) is 0 Å². The molecule has 0 fully saturated rings. The van der Waals surface area contributed by atoms with Crippen LogP contribution in [0.5, 0.6) is 5.75 Å². The van der Waals surface area contributed by atoms with Crippen LogP contribution in [0, 0.1) is 0 Å². The summed E-state index contributed by atoms with van der Waals surface area (Å²) in [6, 6.07) is 6.39. The van der Waals surface area contributed by atoms with Gasteiger partial charge in [0.15, 0.2) is 0 Å². The Morgan fingerprint density at radius 1 is 0.880 bits per heavy atom. The first kappa shape index (κ1) is 20.9. The van der Waals surface area contributed by atoms with Crippen LogP contribution in [0.2, 0.25) is 0 Å². The summed E-state index contributed by atoms with van der Waals surface area (Å²) in [6.45, 7) is 2.65. The Morgan fingerprint density at radius 2 is 1.52 bits per heavy atom. The van der Waals surface area contributed by atoms with Gasteiger partial charge in [-0.2, -0.15) is 0 Å².